The monoisotopic (exact) mass is 406 g/mol. The van der Waals surface area contributed by atoms with E-state index in [4.69, 9.17) is 0 Å². The molecule has 0 fully saturated rings. The number of carbonyl (C=O) groups is 2. The van der Waals surface area contributed by atoms with Gasteiger partial charge in [-0.15, -0.1) is 0 Å². The van der Waals surface area contributed by atoms with Gasteiger partial charge in [-0.2, -0.15) is 0 Å². The lowest BCUT2D eigenvalue weighted by atomic mass is 10.1. The summed E-state index contributed by atoms with van der Waals surface area (Å²) in [5, 5.41) is 27.1. The fraction of sp³-hybridized carbons (Fsp3) is 0. The van der Waals surface area contributed by atoms with Crippen LogP contribution in [0.1, 0.15) is 20.7 Å². The van der Waals surface area contributed by atoms with Gasteiger partial charge in [-0.05, 0) is 36.4 Å². The number of nitrogens with one attached hydrogen (secondary N) is 2. The van der Waals surface area contributed by atoms with Crippen molar-refractivity contribution in [3.63, 3.8) is 0 Å². The van der Waals surface area contributed by atoms with Crippen LogP contribution in [0.4, 0.5) is 22.7 Å². The standard InChI is InChI=1S/C20H14N4O6/c25-19(13-4-2-1-3-5-13)21-15-6-8-16(9-7-15)22-20(26)14-10-17(23(27)28)12-18(11-14)24(29)30/h1-12H,(H,21,25)(H,22,26). The van der Waals surface area contributed by atoms with Gasteiger partial charge in [0.15, 0.2) is 0 Å². The lowest BCUT2D eigenvalue weighted by molar-refractivity contribution is -0.394. The quantitative estimate of drug-likeness (QED) is 0.467. The van der Waals surface area contributed by atoms with Crippen molar-refractivity contribution in [1.29, 1.82) is 0 Å². The minimum Gasteiger partial charge on any atom is -0.322 e. The highest BCUT2D eigenvalue weighted by Crippen LogP contribution is 2.24. The van der Waals surface area contributed by atoms with E-state index < -0.39 is 27.1 Å². The van der Waals surface area contributed by atoms with Gasteiger partial charge >= 0.3 is 0 Å². The van der Waals surface area contributed by atoms with Crippen molar-refractivity contribution in [3.05, 3.63) is 104 Å². The van der Waals surface area contributed by atoms with Gasteiger partial charge in [0, 0.05) is 29.1 Å². The molecule has 0 aliphatic carbocycles. The molecule has 10 heteroatoms. The SMILES string of the molecule is O=C(Nc1ccc(NC(=O)c2cc([N+](=O)[O-])cc([N+](=O)[O-])c2)cc1)c1ccccc1. The predicted octanol–water partition coefficient (Wildman–Crippen LogP) is 4.01. The summed E-state index contributed by atoms with van der Waals surface area (Å²) >= 11 is 0. The van der Waals surface area contributed by atoms with Gasteiger partial charge < -0.3 is 10.6 Å². The molecule has 0 heterocycles. The zero-order valence-electron chi connectivity index (χ0n) is 15.3. The van der Waals surface area contributed by atoms with Crippen LogP contribution in [-0.2, 0) is 0 Å². The summed E-state index contributed by atoms with van der Waals surface area (Å²) in [6.45, 7) is 0. The molecule has 0 bridgehead atoms. The van der Waals surface area contributed by atoms with Crippen molar-refractivity contribution in [2.75, 3.05) is 10.6 Å². The van der Waals surface area contributed by atoms with Crippen LogP contribution >= 0.6 is 0 Å². The second-order valence-corrected chi connectivity index (χ2v) is 6.10. The smallest absolute Gasteiger partial charge is 0.277 e. The zero-order chi connectivity index (χ0) is 21.7. The molecule has 2 amide bonds. The fourth-order valence-corrected chi connectivity index (χ4v) is 2.57. The Labute approximate surface area is 169 Å². The molecule has 0 radical (unpaired) electrons. The molecule has 0 aliphatic rings. The molecule has 0 aliphatic heterocycles. The third-order valence-corrected chi connectivity index (χ3v) is 4.02. The van der Waals surface area contributed by atoms with E-state index in [2.05, 4.69) is 10.6 Å². The first-order valence-electron chi connectivity index (χ1n) is 8.55. The minimum atomic E-state index is -0.812. The van der Waals surface area contributed by atoms with Crippen LogP contribution in [-0.4, -0.2) is 21.7 Å². The Bertz CT molecular complexity index is 1100. The Kier molecular flexibility index (Phi) is 5.78. The first kappa shape index (κ1) is 20.1. The molecule has 0 atom stereocenters. The molecule has 3 aromatic carbocycles. The van der Waals surface area contributed by atoms with Crippen molar-refractivity contribution in [3.8, 4) is 0 Å². The maximum Gasteiger partial charge on any atom is 0.277 e. The van der Waals surface area contributed by atoms with Gasteiger partial charge in [-0.3, -0.25) is 29.8 Å². The van der Waals surface area contributed by atoms with E-state index in [-0.39, 0.29) is 11.5 Å². The van der Waals surface area contributed by atoms with E-state index in [1.165, 1.54) is 12.1 Å². The Morgan fingerprint density at radius 1 is 0.633 bits per heavy atom. The van der Waals surface area contributed by atoms with Crippen LogP contribution in [0.2, 0.25) is 0 Å². The molecule has 3 aromatic rings. The molecule has 2 N–H and O–H groups in total. The van der Waals surface area contributed by atoms with Crippen molar-refractivity contribution in [2.45, 2.75) is 0 Å². The molecule has 10 nitrogen and oxygen atoms in total. The van der Waals surface area contributed by atoms with Crippen LogP contribution in [0.25, 0.3) is 0 Å². The zero-order valence-corrected chi connectivity index (χ0v) is 15.3. The first-order valence-corrected chi connectivity index (χ1v) is 8.55. The van der Waals surface area contributed by atoms with Crippen molar-refractivity contribution in [2.24, 2.45) is 0 Å². The number of nitrogens with zero attached hydrogens (tertiary/aromatic N) is 2. The highest BCUT2D eigenvalue weighted by atomic mass is 16.6. The number of amides is 2. The second-order valence-electron chi connectivity index (χ2n) is 6.10. The molecule has 0 aromatic heterocycles. The van der Waals surface area contributed by atoms with Crippen LogP contribution in [0.15, 0.2) is 72.8 Å². The molecule has 150 valence electrons. The summed E-state index contributed by atoms with van der Waals surface area (Å²) < 4.78 is 0. The molecule has 0 spiro atoms. The van der Waals surface area contributed by atoms with E-state index in [0.29, 0.717) is 16.9 Å². The van der Waals surface area contributed by atoms with Crippen LogP contribution < -0.4 is 10.6 Å². The van der Waals surface area contributed by atoms with Gasteiger partial charge in [0.2, 0.25) is 0 Å². The van der Waals surface area contributed by atoms with E-state index in [9.17, 15) is 29.8 Å². The highest BCUT2D eigenvalue weighted by Gasteiger charge is 2.20. The van der Waals surface area contributed by atoms with E-state index in [1.54, 1.807) is 42.5 Å². The van der Waals surface area contributed by atoms with E-state index >= 15 is 0 Å². The van der Waals surface area contributed by atoms with Crippen LogP contribution in [0.5, 0.6) is 0 Å². The summed E-state index contributed by atoms with van der Waals surface area (Å²) in [4.78, 5) is 44.8. The van der Waals surface area contributed by atoms with Gasteiger partial charge in [0.05, 0.1) is 21.5 Å². The van der Waals surface area contributed by atoms with Crippen molar-refractivity contribution < 1.29 is 19.4 Å². The van der Waals surface area contributed by atoms with E-state index in [1.807, 2.05) is 0 Å². The number of benzene rings is 3. The molecule has 0 saturated heterocycles. The first-order chi connectivity index (χ1) is 14.3. The van der Waals surface area contributed by atoms with Crippen molar-refractivity contribution in [1.82, 2.24) is 0 Å². The highest BCUT2D eigenvalue weighted by molar-refractivity contribution is 6.06. The average Bonchev–Trinajstić information content (AvgIpc) is 2.75. The lowest BCUT2D eigenvalue weighted by Crippen LogP contribution is -2.13. The third-order valence-electron chi connectivity index (χ3n) is 4.02. The number of hydrogen-bond donors (Lipinski definition) is 2. The largest absolute Gasteiger partial charge is 0.322 e. The topological polar surface area (TPSA) is 144 Å². The number of hydrogen-bond acceptors (Lipinski definition) is 6. The summed E-state index contributed by atoms with van der Waals surface area (Å²) in [7, 11) is 0. The summed E-state index contributed by atoms with van der Waals surface area (Å²) in [6, 6.07) is 17.5. The fourth-order valence-electron chi connectivity index (χ4n) is 2.57. The van der Waals surface area contributed by atoms with Gasteiger partial charge in [0.1, 0.15) is 0 Å². The number of nitro benzene ring substituents is 2. The predicted molar refractivity (Wildman–Crippen MR) is 109 cm³/mol. The molecular weight excluding hydrogens is 392 g/mol. The summed E-state index contributed by atoms with van der Waals surface area (Å²) in [6.07, 6.45) is 0. The van der Waals surface area contributed by atoms with E-state index in [0.717, 1.165) is 18.2 Å². The Balaban J connectivity index is 1.72. The Morgan fingerprint density at radius 2 is 1.07 bits per heavy atom. The third kappa shape index (κ3) is 4.81. The van der Waals surface area contributed by atoms with Crippen LogP contribution in [0, 0.1) is 20.2 Å². The minimum absolute atomic E-state index is 0.225. The maximum absolute atomic E-state index is 12.4. The maximum atomic E-state index is 12.4. The number of anilines is 2. The molecule has 3 rings (SSSR count). The van der Waals surface area contributed by atoms with Gasteiger partial charge in [-0.1, -0.05) is 18.2 Å². The number of nitro groups is 2. The number of rotatable bonds is 6. The number of non-ortho nitro benzene ring substituents is 2. The summed E-state index contributed by atoms with van der Waals surface area (Å²) in [5.41, 5.74) is -0.0270. The number of carbonyl (C=O) groups excluding carboxylic acids is 2. The lowest BCUT2D eigenvalue weighted by Gasteiger charge is -2.08. The van der Waals surface area contributed by atoms with Crippen LogP contribution in [0.3, 0.4) is 0 Å². The van der Waals surface area contributed by atoms with Gasteiger partial charge in [0.25, 0.3) is 23.2 Å². The Hall–Kier alpha value is -4.60. The molecule has 0 unspecified atom stereocenters. The Morgan fingerprint density at radius 3 is 1.50 bits per heavy atom. The normalized spacial score (nSPS) is 10.1. The van der Waals surface area contributed by atoms with Crippen molar-refractivity contribution >= 4 is 34.6 Å². The summed E-state index contributed by atoms with van der Waals surface area (Å²) in [5.74, 6) is -1.04. The molecule has 30 heavy (non-hydrogen) atoms. The molecule has 0 saturated carbocycles. The molecular formula is C20H14N4O6. The van der Waals surface area contributed by atoms with Gasteiger partial charge in [-0.25, -0.2) is 0 Å². The average molecular weight is 406 g/mol. The second kappa shape index (κ2) is 8.61.